The maximum absolute atomic E-state index is 5.55. The summed E-state index contributed by atoms with van der Waals surface area (Å²) in [6.45, 7) is 2.21. The zero-order valence-corrected chi connectivity index (χ0v) is 12.8. The molecule has 0 saturated heterocycles. The van der Waals surface area contributed by atoms with Gasteiger partial charge in [0.05, 0.1) is 7.11 Å². The molecule has 1 nitrogen and oxygen atoms in total. The largest absolute Gasteiger partial charge is 0.489 e. The van der Waals surface area contributed by atoms with E-state index in [0.29, 0.717) is 0 Å². The second kappa shape index (κ2) is 8.14. The van der Waals surface area contributed by atoms with E-state index in [-0.39, 0.29) is 0 Å². The van der Waals surface area contributed by atoms with E-state index in [1.807, 2.05) is 30.3 Å². The van der Waals surface area contributed by atoms with Crippen molar-refractivity contribution in [1.82, 2.24) is 0 Å². The molecule has 0 aromatic heterocycles. The zero-order valence-electron chi connectivity index (χ0n) is 12.8. The highest BCUT2D eigenvalue weighted by Gasteiger charge is 2.06. The highest BCUT2D eigenvalue weighted by atomic mass is 16.5. The quantitative estimate of drug-likeness (QED) is 0.512. The van der Waals surface area contributed by atoms with Gasteiger partial charge in [-0.05, 0) is 30.0 Å². The normalized spacial score (nSPS) is 9.81. The van der Waals surface area contributed by atoms with Crippen LogP contribution in [-0.4, -0.2) is 7.11 Å². The predicted octanol–water partition coefficient (Wildman–Crippen LogP) is 5.33. The SMILES string of the molecule is CCCCc1ccccc1C(=C=Cc1ccccc1)OC. The standard InChI is InChI=1S/C20H22O/c1-3-4-12-18-13-8-9-14-19(18)20(21-2)16-15-17-10-6-5-7-11-17/h5-11,13-15H,3-4,12H2,1-2H3. The van der Waals surface area contributed by atoms with Crippen LogP contribution >= 0.6 is 0 Å². The summed E-state index contributed by atoms with van der Waals surface area (Å²) in [4.78, 5) is 0. The first-order valence-corrected chi connectivity index (χ1v) is 7.49. The third-order valence-corrected chi connectivity index (χ3v) is 3.44. The predicted molar refractivity (Wildman–Crippen MR) is 89.9 cm³/mol. The topological polar surface area (TPSA) is 9.23 Å². The fourth-order valence-electron chi connectivity index (χ4n) is 2.27. The molecule has 21 heavy (non-hydrogen) atoms. The lowest BCUT2D eigenvalue weighted by Gasteiger charge is -2.10. The Hall–Kier alpha value is -2.24. The van der Waals surface area contributed by atoms with E-state index in [9.17, 15) is 0 Å². The molecule has 0 aliphatic carbocycles. The lowest BCUT2D eigenvalue weighted by molar-refractivity contribution is 0.370. The number of unbranched alkanes of at least 4 members (excludes halogenated alkanes) is 1. The minimum absolute atomic E-state index is 0.797. The van der Waals surface area contributed by atoms with Gasteiger partial charge in [-0.1, -0.05) is 73.7 Å². The van der Waals surface area contributed by atoms with Crippen LogP contribution in [0.3, 0.4) is 0 Å². The van der Waals surface area contributed by atoms with Gasteiger partial charge in [0.2, 0.25) is 0 Å². The number of ether oxygens (including phenoxy) is 1. The fourth-order valence-corrected chi connectivity index (χ4v) is 2.27. The Labute approximate surface area is 127 Å². The second-order valence-corrected chi connectivity index (χ2v) is 4.99. The van der Waals surface area contributed by atoms with Crippen molar-refractivity contribution in [1.29, 1.82) is 0 Å². The number of rotatable bonds is 6. The van der Waals surface area contributed by atoms with Crippen LogP contribution in [0.5, 0.6) is 0 Å². The summed E-state index contributed by atoms with van der Waals surface area (Å²) in [5, 5.41) is 0. The van der Waals surface area contributed by atoms with Crippen molar-refractivity contribution in [3.63, 3.8) is 0 Å². The second-order valence-electron chi connectivity index (χ2n) is 4.99. The Kier molecular flexibility index (Phi) is 5.87. The summed E-state index contributed by atoms with van der Waals surface area (Å²) in [5.74, 6) is 0.797. The highest BCUT2D eigenvalue weighted by Crippen LogP contribution is 2.21. The average molecular weight is 278 g/mol. The van der Waals surface area contributed by atoms with Crippen LogP contribution in [0.1, 0.15) is 36.5 Å². The molecule has 0 aliphatic rings. The van der Waals surface area contributed by atoms with Crippen LogP contribution in [0.15, 0.2) is 60.3 Å². The van der Waals surface area contributed by atoms with Crippen LogP contribution in [0.2, 0.25) is 0 Å². The van der Waals surface area contributed by atoms with E-state index in [1.165, 1.54) is 18.4 Å². The van der Waals surface area contributed by atoms with Crippen LogP contribution in [0.25, 0.3) is 11.8 Å². The van der Waals surface area contributed by atoms with Gasteiger partial charge in [0, 0.05) is 5.56 Å². The van der Waals surface area contributed by atoms with E-state index in [4.69, 9.17) is 4.74 Å². The Balaban J connectivity index is 2.35. The molecular weight excluding hydrogens is 256 g/mol. The molecule has 0 unspecified atom stereocenters. The molecule has 0 amide bonds. The van der Waals surface area contributed by atoms with Crippen LogP contribution in [0.4, 0.5) is 0 Å². The van der Waals surface area contributed by atoms with Gasteiger partial charge >= 0.3 is 0 Å². The fraction of sp³-hybridized carbons (Fsp3) is 0.250. The summed E-state index contributed by atoms with van der Waals surface area (Å²) < 4.78 is 5.55. The van der Waals surface area contributed by atoms with E-state index in [0.717, 1.165) is 23.3 Å². The molecule has 0 saturated carbocycles. The Bertz CT molecular complexity index is 619. The van der Waals surface area contributed by atoms with Gasteiger partial charge < -0.3 is 4.74 Å². The molecule has 0 radical (unpaired) electrons. The third-order valence-electron chi connectivity index (χ3n) is 3.44. The molecule has 0 atom stereocenters. The van der Waals surface area contributed by atoms with Crippen molar-refractivity contribution in [2.45, 2.75) is 26.2 Å². The zero-order chi connectivity index (χ0) is 14.9. The molecule has 0 aliphatic heterocycles. The molecule has 0 spiro atoms. The number of aryl methyl sites for hydroxylation is 1. The summed E-state index contributed by atoms with van der Waals surface area (Å²) in [7, 11) is 1.71. The van der Waals surface area contributed by atoms with Crippen LogP contribution < -0.4 is 0 Å². The van der Waals surface area contributed by atoms with Crippen molar-refractivity contribution >= 4 is 11.8 Å². The molecule has 2 rings (SSSR count). The third kappa shape index (κ3) is 4.37. The van der Waals surface area contributed by atoms with E-state index >= 15 is 0 Å². The minimum atomic E-state index is 0.797. The van der Waals surface area contributed by atoms with Crippen molar-refractivity contribution < 1.29 is 4.74 Å². The van der Waals surface area contributed by atoms with Crippen LogP contribution in [-0.2, 0) is 11.2 Å². The maximum atomic E-state index is 5.55. The van der Waals surface area contributed by atoms with E-state index in [2.05, 4.69) is 43.0 Å². The number of hydrogen-bond acceptors (Lipinski definition) is 1. The molecule has 108 valence electrons. The summed E-state index contributed by atoms with van der Waals surface area (Å²) in [6, 6.07) is 18.6. The molecule has 0 heterocycles. The van der Waals surface area contributed by atoms with Gasteiger partial charge in [0.15, 0.2) is 5.76 Å². The van der Waals surface area contributed by atoms with Gasteiger partial charge in [0.25, 0.3) is 0 Å². The van der Waals surface area contributed by atoms with Crippen LogP contribution in [0, 0.1) is 0 Å². The highest BCUT2D eigenvalue weighted by molar-refractivity contribution is 5.66. The minimum Gasteiger partial charge on any atom is -0.489 e. The number of benzene rings is 2. The van der Waals surface area contributed by atoms with Gasteiger partial charge in [-0.3, -0.25) is 0 Å². The van der Waals surface area contributed by atoms with E-state index in [1.54, 1.807) is 7.11 Å². The van der Waals surface area contributed by atoms with Gasteiger partial charge in [-0.2, -0.15) is 0 Å². The first kappa shape index (κ1) is 15.2. The molecule has 2 aromatic carbocycles. The molecule has 2 aromatic rings. The number of hydrogen-bond donors (Lipinski definition) is 0. The van der Waals surface area contributed by atoms with Crippen molar-refractivity contribution in [3.8, 4) is 0 Å². The summed E-state index contributed by atoms with van der Waals surface area (Å²) in [6.07, 6.45) is 5.43. The molecule has 0 fully saturated rings. The molecule has 0 bridgehead atoms. The maximum Gasteiger partial charge on any atom is 0.169 e. The monoisotopic (exact) mass is 278 g/mol. The Morgan fingerprint density at radius 3 is 2.48 bits per heavy atom. The van der Waals surface area contributed by atoms with Gasteiger partial charge in [-0.15, -0.1) is 0 Å². The molecule has 0 N–H and O–H groups in total. The van der Waals surface area contributed by atoms with Crippen molar-refractivity contribution in [2.24, 2.45) is 0 Å². The first-order chi connectivity index (χ1) is 10.3. The lowest BCUT2D eigenvalue weighted by atomic mass is 10.0. The van der Waals surface area contributed by atoms with Crippen molar-refractivity contribution in [2.75, 3.05) is 7.11 Å². The first-order valence-electron chi connectivity index (χ1n) is 7.49. The van der Waals surface area contributed by atoms with Gasteiger partial charge in [0.1, 0.15) is 0 Å². The van der Waals surface area contributed by atoms with Gasteiger partial charge in [-0.25, -0.2) is 0 Å². The Morgan fingerprint density at radius 2 is 1.76 bits per heavy atom. The number of methoxy groups -OCH3 is 1. The smallest absolute Gasteiger partial charge is 0.169 e. The molecular formula is C20H22O. The Morgan fingerprint density at radius 1 is 1.05 bits per heavy atom. The molecule has 1 heteroatoms. The summed E-state index contributed by atoms with van der Waals surface area (Å²) >= 11 is 0. The lowest BCUT2D eigenvalue weighted by Crippen LogP contribution is -1.94. The average Bonchev–Trinajstić information content (AvgIpc) is 2.55. The summed E-state index contributed by atoms with van der Waals surface area (Å²) in [5.41, 5.74) is 6.88. The van der Waals surface area contributed by atoms with E-state index < -0.39 is 0 Å². The van der Waals surface area contributed by atoms with Crippen molar-refractivity contribution in [3.05, 3.63) is 77.0 Å².